The number of carbonyl (C=O) groups excluding carboxylic acids is 1. The zero-order chi connectivity index (χ0) is 21.7. The number of hydrogen-bond donors (Lipinski definition) is 3. The first-order valence-electron chi connectivity index (χ1n) is 9.01. The van der Waals surface area contributed by atoms with Crippen molar-refractivity contribution in [1.29, 1.82) is 0 Å². The average molecular weight is 425 g/mol. The summed E-state index contributed by atoms with van der Waals surface area (Å²) in [5.74, 6) is 0.868. The van der Waals surface area contributed by atoms with Crippen LogP contribution in [0.15, 0.2) is 49.3 Å². The second-order valence-corrected chi connectivity index (χ2v) is 6.83. The predicted molar refractivity (Wildman–Crippen MR) is 119 cm³/mol. The quantitative estimate of drug-likeness (QED) is 0.470. The molecule has 0 aliphatic carbocycles. The molecular formula is C21H21ClN6O2. The van der Waals surface area contributed by atoms with Crippen LogP contribution in [0, 0.1) is 13.8 Å². The molecule has 0 fully saturated rings. The van der Waals surface area contributed by atoms with Gasteiger partial charge in [-0.25, -0.2) is 9.97 Å². The average Bonchev–Trinajstić information content (AvgIpc) is 2.73. The van der Waals surface area contributed by atoms with Crippen molar-refractivity contribution in [3.05, 3.63) is 65.5 Å². The number of hydrogen-bond acceptors (Lipinski definition) is 7. The van der Waals surface area contributed by atoms with Gasteiger partial charge < -0.3 is 20.7 Å². The van der Waals surface area contributed by atoms with Crippen molar-refractivity contribution in [2.24, 2.45) is 0 Å². The van der Waals surface area contributed by atoms with Gasteiger partial charge in [-0.15, -0.1) is 0 Å². The van der Waals surface area contributed by atoms with E-state index in [2.05, 4.69) is 37.5 Å². The number of anilines is 5. The van der Waals surface area contributed by atoms with Crippen molar-refractivity contribution in [2.45, 2.75) is 13.8 Å². The van der Waals surface area contributed by atoms with E-state index in [1.807, 2.05) is 32.0 Å². The lowest BCUT2D eigenvalue weighted by Gasteiger charge is -2.15. The van der Waals surface area contributed by atoms with Crippen LogP contribution in [0.2, 0.25) is 5.02 Å². The van der Waals surface area contributed by atoms with Gasteiger partial charge in [0.25, 0.3) is 0 Å². The number of methoxy groups -OCH3 is 1. The summed E-state index contributed by atoms with van der Waals surface area (Å²) >= 11 is 6.30. The van der Waals surface area contributed by atoms with E-state index < -0.39 is 0 Å². The zero-order valence-electron chi connectivity index (χ0n) is 16.8. The lowest BCUT2D eigenvalue weighted by Crippen LogP contribution is -2.10. The van der Waals surface area contributed by atoms with Gasteiger partial charge in [0.1, 0.15) is 5.02 Å². The van der Waals surface area contributed by atoms with Crippen molar-refractivity contribution in [3.63, 3.8) is 0 Å². The number of rotatable bonds is 7. The van der Waals surface area contributed by atoms with E-state index in [1.165, 1.54) is 12.3 Å². The maximum absolute atomic E-state index is 11.8. The number of pyridine rings is 1. The van der Waals surface area contributed by atoms with Gasteiger partial charge in [0.05, 0.1) is 30.4 Å². The van der Waals surface area contributed by atoms with Gasteiger partial charge in [-0.2, -0.15) is 4.98 Å². The monoisotopic (exact) mass is 424 g/mol. The number of aryl methyl sites for hydroxylation is 2. The standard InChI is InChI=1S/C21H21ClN6O2/c1-5-18(29)25-17-8-12(2)6-7-15(17)26-20-14(22)11-24-21(28-20)27-16-9-19(30-4)23-10-13(16)3/h5-11H,1H2,2-4H3,(H,25,29)(H2,23,24,26,27,28). The molecule has 0 saturated heterocycles. The first-order chi connectivity index (χ1) is 14.4. The number of aromatic nitrogens is 3. The van der Waals surface area contributed by atoms with Gasteiger partial charge in [-0.05, 0) is 43.2 Å². The zero-order valence-corrected chi connectivity index (χ0v) is 17.5. The van der Waals surface area contributed by atoms with E-state index in [9.17, 15) is 4.79 Å². The highest BCUT2D eigenvalue weighted by atomic mass is 35.5. The normalized spacial score (nSPS) is 10.3. The summed E-state index contributed by atoms with van der Waals surface area (Å²) in [7, 11) is 1.55. The summed E-state index contributed by atoms with van der Waals surface area (Å²) in [5, 5.41) is 9.39. The summed E-state index contributed by atoms with van der Waals surface area (Å²) in [6, 6.07) is 7.33. The molecule has 0 unspecified atom stereocenters. The van der Waals surface area contributed by atoms with Gasteiger partial charge >= 0.3 is 0 Å². The molecule has 3 rings (SSSR count). The molecule has 0 aliphatic rings. The highest BCUT2D eigenvalue weighted by molar-refractivity contribution is 6.33. The molecule has 0 bridgehead atoms. The van der Waals surface area contributed by atoms with Gasteiger partial charge in [0, 0.05) is 12.3 Å². The van der Waals surface area contributed by atoms with Gasteiger partial charge in [0.2, 0.25) is 17.7 Å². The molecule has 0 spiro atoms. The van der Waals surface area contributed by atoms with Crippen LogP contribution in [0.25, 0.3) is 0 Å². The largest absolute Gasteiger partial charge is 0.481 e. The van der Waals surface area contributed by atoms with Crippen LogP contribution in [-0.2, 0) is 4.79 Å². The van der Waals surface area contributed by atoms with Gasteiger partial charge in [-0.3, -0.25) is 4.79 Å². The molecule has 3 aromatic rings. The van der Waals surface area contributed by atoms with Crippen LogP contribution in [0.1, 0.15) is 11.1 Å². The lowest BCUT2D eigenvalue weighted by atomic mass is 10.2. The third kappa shape index (κ3) is 5.03. The van der Waals surface area contributed by atoms with Crippen molar-refractivity contribution >= 4 is 46.3 Å². The van der Waals surface area contributed by atoms with Crippen LogP contribution < -0.4 is 20.7 Å². The summed E-state index contributed by atoms with van der Waals surface area (Å²) in [4.78, 5) is 24.6. The molecule has 1 aromatic carbocycles. The van der Waals surface area contributed by atoms with Crippen LogP contribution in [0.4, 0.5) is 28.8 Å². The fourth-order valence-corrected chi connectivity index (χ4v) is 2.71. The van der Waals surface area contributed by atoms with E-state index in [0.717, 1.165) is 16.8 Å². The minimum Gasteiger partial charge on any atom is -0.481 e. The Hall–Kier alpha value is -3.65. The van der Waals surface area contributed by atoms with E-state index in [4.69, 9.17) is 16.3 Å². The second kappa shape index (κ2) is 9.23. The number of halogens is 1. The SMILES string of the molecule is C=CC(=O)Nc1cc(C)ccc1Nc1nc(Nc2cc(OC)ncc2C)ncc1Cl. The number of amides is 1. The van der Waals surface area contributed by atoms with Crippen molar-refractivity contribution in [1.82, 2.24) is 15.0 Å². The summed E-state index contributed by atoms with van der Waals surface area (Å²) in [5.41, 5.74) is 3.85. The maximum Gasteiger partial charge on any atom is 0.247 e. The number of nitrogens with one attached hydrogen (secondary N) is 3. The summed E-state index contributed by atoms with van der Waals surface area (Å²) in [6.45, 7) is 7.32. The highest BCUT2D eigenvalue weighted by Crippen LogP contribution is 2.30. The van der Waals surface area contributed by atoms with Crippen LogP contribution >= 0.6 is 11.6 Å². The molecule has 8 nitrogen and oxygen atoms in total. The Bertz CT molecular complexity index is 1100. The first kappa shape index (κ1) is 21.1. The van der Waals surface area contributed by atoms with Gasteiger partial charge in [0.15, 0.2) is 5.82 Å². The molecule has 9 heteroatoms. The van der Waals surface area contributed by atoms with E-state index in [0.29, 0.717) is 34.0 Å². The van der Waals surface area contributed by atoms with Crippen molar-refractivity contribution < 1.29 is 9.53 Å². The van der Waals surface area contributed by atoms with Crippen molar-refractivity contribution in [3.8, 4) is 5.88 Å². The Balaban J connectivity index is 1.90. The summed E-state index contributed by atoms with van der Waals surface area (Å²) in [6.07, 6.45) is 4.39. The molecule has 2 heterocycles. The smallest absolute Gasteiger partial charge is 0.247 e. The molecule has 0 saturated carbocycles. The third-order valence-electron chi connectivity index (χ3n) is 4.15. The topological polar surface area (TPSA) is 101 Å². The maximum atomic E-state index is 11.8. The molecule has 2 aromatic heterocycles. The number of ether oxygens (including phenoxy) is 1. The van der Waals surface area contributed by atoms with Crippen LogP contribution in [-0.4, -0.2) is 28.0 Å². The number of nitrogens with zero attached hydrogens (tertiary/aromatic N) is 3. The molecule has 154 valence electrons. The Morgan fingerprint density at radius 3 is 2.63 bits per heavy atom. The number of carbonyl (C=O) groups is 1. The minimum absolute atomic E-state index is 0.318. The van der Waals surface area contributed by atoms with E-state index in [1.54, 1.807) is 19.4 Å². The molecule has 1 amide bonds. The lowest BCUT2D eigenvalue weighted by molar-refractivity contribution is -0.111. The Morgan fingerprint density at radius 1 is 1.10 bits per heavy atom. The van der Waals surface area contributed by atoms with Crippen LogP contribution in [0.5, 0.6) is 5.88 Å². The first-order valence-corrected chi connectivity index (χ1v) is 9.38. The molecule has 0 atom stereocenters. The minimum atomic E-state index is -0.318. The summed E-state index contributed by atoms with van der Waals surface area (Å²) < 4.78 is 5.17. The fraction of sp³-hybridized carbons (Fsp3) is 0.143. The van der Waals surface area contributed by atoms with Gasteiger partial charge in [-0.1, -0.05) is 24.2 Å². The van der Waals surface area contributed by atoms with Crippen molar-refractivity contribution in [2.75, 3.05) is 23.1 Å². The second-order valence-electron chi connectivity index (χ2n) is 6.42. The highest BCUT2D eigenvalue weighted by Gasteiger charge is 2.12. The molecule has 3 N–H and O–H groups in total. The Labute approximate surface area is 179 Å². The van der Waals surface area contributed by atoms with E-state index in [-0.39, 0.29) is 5.91 Å². The molecule has 0 aliphatic heterocycles. The molecule has 30 heavy (non-hydrogen) atoms. The Kier molecular flexibility index (Phi) is 6.48. The third-order valence-corrected chi connectivity index (χ3v) is 4.43. The fourth-order valence-electron chi connectivity index (χ4n) is 2.57. The molecule has 0 radical (unpaired) electrons. The predicted octanol–water partition coefficient (Wildman–Crippen LogP) is 4.76. The Morgan fingerprint density at radius 2 is 1.90 bits per heavy atom. The van der Waals surface area contributed by atoms with Crippen LogP contribution in [0.3, 0.4) is 0 Å². The number of benzene rings is 1. The van der Waals surface area contributed by atoms with E-state index >= 15 is 0 Å². The molecular weight excluding hydrogens is 404 g/mol.